The van der Waals surface area contributed by atoms with E-state index >= 15 is 0 Å². The molecule has 1 amide bonds. The molecule has 4 rings (SSSR count). The first-order chi connectivity index (χ1) is 16.5. The maximum atomic E-state index is 13.1. The Morgan fingerprint density at radius 3 is 2.50 bits per heavy atom. The molecule has 1 aromatic heterocycles. The minimum atomic E-state index is -0.315. The van der Waals surface area contributed by atoms with E-state index in [1.54, 1.807) is 7.11 Å². The second-order valence-electron chi connectivity index (χ2n) is 8.49. The zero-order valence-electron chi connectivity index (χ0n) is 20.6. The van der Waals surface area contributed by atoms with Crippen molar-refractivity contribution in [1.29, 1.82) is 0 Å². The molecule has 0 aliphatic carbocycles. The van der Waals surface area contributed by atoms with Gasteiger partial charge in [0.1, 0.15) is 0 Å². The lowest BCUT2D eigenvalue weighted by molar-refractivity contribution is -0.120. The molecule has 0 spiro atoms. The maximum Gasteiger partial charge on any atom is 0.241 e. The summed E-state index contributed by atoms with van der Waals surface area (Å²) in [5.74, 6) is 1.38. The van der Waals surface area contributed by atoms with Crippen molar-refractivity contribution in [3.8, 4) is 11.5 Å². The van der Waals surface area contributed by atoms with Crippen LogP contribution in [-0.4, -0.2) is 42.2 Å². The van der Waals surface area contributed by atoms with Gasteiger partial charge in [0.15, 0.2) is 11.5 Å². The summed E-state index contributed by atoms with van der Waals surface area (Å²) in [4.78, 5) is 15.1. The number of methoxy groups -OCH3 is 1. The molecule has 4 aromatic rings. The number of rotatable bonds is 9. The van der Waals surface area contributed by atoms with Crippen LogP contribution < -0.4 is 14.8 Å². The van der Waals surface area contributed by atoms with E-state index in [-0.39, 0.29) is 11.9 Å². The van der Waals surface area contributed by atoms with Gasteiger partial charge in [-0.05, 0) is 69.8 Å². The van der Waals surface area contributed by atoms with Crippen LogP contribution in [0, 0.1) is 0 Å². The second kappa shape index (κ2) is 10.2. The number of para-hydroxylation sites is 1. The van der Waals surface area contributed by atoms with Gasteiger partial charge in [-0.1, -0.05) is 24.3 Å². The van der Waals surface area contributed by atoms with Gasteiger partial charge in [0.2, 0.25) is 5.91 Å². The van der Waals surface area contributed by atoms with E-state index in [2.05, 4.69) is 53.2 Å². The van der Waals surface area contributed by atoms with Crippen molar-refractivity contribution in [2.45, 2.75) is 39.9 Å². The quantitative estimate of drug-likeness (QED) is 0.350. The number of hydrogen-bond acceptors (Lipinski definition) is 4. The van der Waals surface area contributed by atoms with Gasteiger partial charge in [-0.25, -0.2) is 0 Å². The summed E-state index contributed by atoms with van der Waals surface area (Å²) in [6.45, 7) is 8.11. The van der Waals surface area contributed by atoms with Crippen molar-refractivity contribution >= 4 is 33.4 Å². The summed E-state index contributed by atoms with van der Waals surface area (Å²) in [7, 11) is 3.58. The molecule has 178 valence electrons. The maximum absolute atomic E-state index is 13.1. The number of carbonyl (C=O) groups is 1. The number of benzene rings is 3. The third kappa shape index (κ3) is 4.59. The monoisotopic (exact) mass is 459 g/mol. The first kappa shape index (κ1) is 23.6. The van der Waals surface area contributed by atoms with E-state index in [1.165, 1.54) is 16.4 Å². The first-order valence-corrected chi connectivity index (χ1v) is 11.8. The predicted molar refractivity (Wildman–Crippen MR) is 139 cm³/mol. The molecule has 6 heteroatoms. The molecule has 0 unspecified atom stereocenters. The average molecular weight is 460 g/mol. The van der Waals surface area contributed by atoms with Gasteiger partial charge in [0, 0.05) is 40.6 Å². The second-order valence-corrected chi connectivity index (χ2v) is 8.49. The number of nitrogens with one attached hydrogen (secondary N) is 1. The minimum Gasteiger partial charge on any atom is -0.493 e. The Kier molecular flexibility index (Phi) is 7.08. The number of aryl methyl sites for hydroxylation is 1. The Morgan fingerprint density at radius 2 is 1.76 bits per heavy atom. The summed E-state index contributed by atoms with van der Waals surface area (Å²) in [6, 6.07) is 20.1. The van der Waals surface area contributed by atoms with Crippen LogP contribution >= 0.6 is 0 Å². The summed E-state index contributed by atoms with van der Waals surface area (Å²) in [5, 5.41) is 5.46. The molecule has 0 aliphatic rings. The van der Waals surface area contributed by atoms with Gasteiger partial charge in [-0.3, -0.25) is 9.69 Å². The van der Waals surface area contributed by atoms with Crippen LogP contribution in [0.1, 0.15) is 26.3 Å². The van der Waals surface area contributed by atoms with E-state index in [1.807, 2.05) is 50.1 Å². The van der Waals surface area contributed by atoms with Gasteiger partial charge in [0.05, 0.1) is 19.8 Å². The zero-order valence-corrected chi connectivity index (χ0v) is 20.6. The lowest BCUT2D eigenvalue weighted by Gasteiger charge is -2.24. The fourth-order valence-corrected chi connectivity index (χ4v) is 4.43. The number of anilines is 1. The highest BCUT2D eigenvalue weighted by Gasteiger charge is 2.20. The molecule has 0 radical (unpaired) electrons. The highest BCUT2D eigenvalue weighted by Crippen LogP contribution is 2.31. The summed E-state index contributed by atoms with van der Waals surface area (Å²) in [6.07, 6.45) is 0. The Bertz CT molecular complexity index is 1310. The van der Waals surface area contributed by atoms with Crippen molar-refractivity contribution in [2.75, 3.05) is 26.1 Å². The van der Waals surface area contributed by atoms with Crippen molar-refractivity contribution in [2.24, 2.45) is 0 Å². The van der Waals surface area contributed by atoms with E-state index in [0.717, 1.165) is 28.9 Å². The molecule has 6 nitrogen and oxygen atoms in total. The Hall–Kier alpha value is -3.51. The standard InChI is InChI=1S/C28H33N3O3/c1-6-31-24-11-9-8-10-22(24)23-17-21(13-14-25(23)31)29-28(32)19(3)30(4)18-20-12-15-26(34-7-2)27(16-20)33-5/h8-17,19H,6-7,18H2,1-5H3,(H,29,32)/t19-/m1/s1. The van der Waals surface area contributed by atoms with Gasteiger partial charge in [-0.2, -0.15) is 0 Å². The van der Waals surface area contributed by atoms with E-state index in [0.29, 0.717) is 18.9 Å². The van der Waals surface area contributed by atoms with Gasteiger partial charge >= 0.3 is 0 Å². The molecule has 0 saturated carbocycles. The predicted octanol–water partition coefficient (Wildman–Crippen LogP) is 5.68. The summed E-state index contributed by atoms with van der Waals surface area (Å²) >= 11 is 0. The Balaban J connectivity index is 1.49. The van der Waals surface area contributed by atoms with Crippen molar-refractivity contribution in [3.05, 3.63) is 66.2 Å². The largest absolute Gasteiger partial charge is 0.493 e. The number of aromatic nitrogens is 1. The molecule has 1 atom stereocenters. The zero-order chi connectivity index (χ0) is 24.2. The van der Waals surface area contributed by atoms with E-state index in [4.69, 9.17) is 9.47 Å². The topological polar surface area (TPSA) is 55.7 Å². The number of ether oxygens (including phenoxy) is 2. The molecular formula is C28H33N3O3. The van der Waals surface area contributed by atoms with Crippen LogP contribution in [0.5, 0.6) is 11.5 Å². The Labute approximate surface area is 201 Å². The summed E-state index contributed by atoms with van der Waals surface area (Å²) < 4.78 is 13.4. The molecular weight excluding hydrogens is 426 g/mol. The van der Waals surface area contributed by atoms with E-state index in [9.17, 15) is 4.79 Å². The molecule has 0 bridgehead atoms. The van der Waals surface area contributed by atoms with E-state index < -0.39 is 0 Å². The highest BCUT2D eigenvalue weighted by molar-refractivity contribution is 6.10. The third-order valence-corrected chi connectivity index (χ3v) is 6.36. The smallest absolute Gasteiger partial charge is 0.241 e. The fraction of sp³-hybridized carbons (Fsp3) is 0.321. The lowest BCUT2D eigenvalue weighted by Crippen LogP contribution is -2.39. The number of nitrogens with zero attached hydrogens (tertiary/aromatic N) is 2. The average Bonchev–Trinajstić information content (AvgIpc) is 3.17. The van der Waals surface area contributed by atoms with Crippen LogP contribution in [0.3, 0.4) is 0 Å². The summed E-state index contributed by atoms with van der Waals surface area (Å²) in [5.41, 5.74) is 4.24. The normalized spacial score (nSPS) is 12.3. The molecule has 0 saturated heterocycles. The molecule has 1 heterocycles. The molecule has 1 N–H and O–H groups in total. The lowest BCUT2D eigenvalue weighted by atomic mass is 10.1. The molecule has 0 aliphatic heterocycles. The highest BCUT2D eigenvalue weighted by atomic mass is 16.5. The molecule has 0 fully saturated rings. The van der Waals surface area contributed by atoms with Gasteiger partial charge in [-0.15, -0.1) is 0 Å². The van der Waals surface area contributed by atoms with Crippen LogP contribution in [0.25, 0.3) is 21.8 Å². The van der Waals surface area contributed by atoms with Crippen molar-refractivity contribution in [3.63, 3.8) is 0 Å². The number of hydrogen-bond donors (Lipinski definition) is 1. The molecule has 34 heavy (non-hydrogen) atoms. The van der Waals surface area contributed by atoms with Crippen molar-refractivity contribution < 1.29 is 14.3 Å². The van der Waals surface area contributed by atoms with Crippen LogP contribution in [0.4, 0.5) is 5.69 Å². The van der Waals surface area contributed by atoms with Crippen molar-refractivity contribution in [1.82, 2.24) is 9.47 Å². The van der Waals surface area contributed by atoms with Crippen LogP contribution in [-0.2, 0) is 17.9 Å². The molecule has 3 aromatic carbocycles. The first-order valence-electron chi connectivity index (χ1n) is 11.8. The van der Waals surface area contributed by atoms with Crippen LogP contribution in [0.15, 0.2) is 60.7 Å². The number of carbonyl (C=O) groups excluding carboxylic acids is 1. The minimum absolute atomic E-state index is 0.0426. The number of fused-ring (bicyclic) bond motifs is 3. The van der Waals surface area contributed by atoms with Gasteiger partial charge < -0.3 is 19.4 Å². The fourth-order valence-electron chi connectivity index (χ4n) is 4.43. The Morgan fingerprint density at radius 1 is 1.00 bits per heavy atom. The SMILES string of the molecule is CCOc1ccc(CN(C)[C@H](C)C(=O)Nc2ccc3c(c2)c2ccccc2n3CC)cc1OC. The van der Waals surface area contributed by atoms with Crippen LogP contribution in [0.2, 0.25) is 0 Å². The third-order valence-electron chi connectivity index (χ3n) is 6.36. The number of amides is 1. The number of likely N-dealkylation sites (N-methyl/N-ethyl adjacent to an activating group) is 1. The van der Waals surface area contributed by atoms with Gasteiger partial charge in [0.25, 0.3) is 0 Å².